The van der Waals surface area contributed by atoms with E-state index in [9.17, 15) is 0 Å². The van der Waals surface area contributed by atoms with Gasteiger partial charge in [-0.1, -0.05) is 17.8 Å². The minimum atomic E-state index is 0.580. The van der Waals surface area contributed by atoms with E-state index in [1.165, 1.54) is 11.8 Å². The zero-order valence-corrected chi connectivity index (χ0v) is 12.1. The van der Waals surface area contributed by atoms with Gasteiger partial charge in [0.25, 0.3) is 0 Å². The van der Waals surface area contributed by atoms with E-state index >= 15 is 0 Å². The average molecular weight is 286 g/mol. The first-order valence-corrected chi connectivity index (χ1v) is 7.19. The van der Waals surface area contributed by atoms with Crippen molar-refractivity contribution in [3.8, 4) is 0 Å². The molecule has 2 N–H and O–H groups in total. The van der Waals surface area contributed by atoms with Gasteiger partial charge in [0.15, 0.2) is 10.7 Å². The number of rotatable bonds is 3. The Kier molecular flexibility index (Phi) is 3.31. The summed E-state index contributed by atoms with van der Waals surface area (Å²) in [5.41, 5.74) is 9.83. The third-order valence-corrected chi connectivity index (χ3v) is 3.61. The summed E-state index contributed by atoms with van der Waals surface area (Å²) in [6.07, 6.45) is 0. The maximum atomic E-state index is 5.86. The second kappa shape index (κ2) is 5.13. The van der Waals surface area contributed by atoms with Gasteiger partial charge in [-0.15, -0.1) is 0 Å². The van der Waals surface area contributed by atoms with Crippen molar-refractivity contribution in [3.05, 3.63) is 41.5 Å². The van der Waals surface area contributed by atoms with Crippen molar-refractivity contribution in [3.63, 3.8) is 0 Å². The molecule has 20 heavy (non-hydrogen) atoms. The van der Waals surface area contributed by atoms with E-state index in [2.05, 4.69) is 15.0 Å². The number of oxazole rings is 1. The number of hydrogen-bond acceptors (Lipinski definition) is 6. The van der Waals surface area contributed by atoms with Crippen LogP contribution in [0.5, 0.6) is 0 Å². The molecule has 0 bridgehead atoms. The standard InChI is InChI=1S/C14H14N4OS/c1-8-6-9(2)17-14(16-8)20-7-12-18-13-10(15)4-3-5-11(13)19-12/h3-6H,7,15H2,1-2H3. The molecule has 2 aromatic heterocycles. The van der Waals surface area contributed by atoms with Crippen LogP contribution in [-0.4, -0.2) is 15.0 Å². The average Bonchev–Trinajstić information content (AvgIpc) is 2.80. The molecule has 0 saturated heterocycles. The molecule has 0 amide bonds. The smallest absolute Gasteiger partial charge is 0.206 e. The molecular weight excluding hydrogens is 272 g/mol. The SMILES string of the molecule is Cc1cc(C)nc(SCc2nc3c(N)cccc3o2)n1. The largest absolute Gasteiger partial charge is 0.440 e. The van der Waals surface area contributed by atoms with Crippen molar-refractivity contribution in [2.45, 2.75) is 24.8 Å². The summed E-state index contributed by atoms with van der Waals surface area (Å²) in [4.78, 5) is 13.2. The number of nitrogens with two attached hydrogens (primary N) is 1. The number of nitrogens with zero attached hydrogens (tertiary/aromatic N) is 3. The maximum Gasteiger partial charge on any atom is 0.206 e. The summed E-state index contributed by atoms with van der Waals surface area (Å²) >= 11 is 1.50. The summed E-state index contributed by atoms with van der Waals surface area (Å²) in [6, 6.07) is 7.48. The number of aryl methyl sites for hydroxylation is 2. The fourth-order valence-electron chi connectivity index (χ4n) is 1.96. The van der Waals surface area contributed by atoms with Gasteiger partial charge in [0, 0.05) is 11.4 Å². The molecule has 3 rings (SSSR count). The lowest BCUT2D eigenvalue weighted by atomic mass is 10.3. The van der Waals surface area contributed by atoms with Gasteiger partial charge in [-0.05, 0) is 32.0 Å². The Bertz CT molecular complexity index is 749. The zero-order valence-electron chi connectivity index (χ0n) is 11.3. The lowest BCUT2D eigenvalue weighted by Gasteiger charge is -2.00. The van der Waals surface area contributed by atoms with Crippen molar-refractivity contribution in [2.24, 2.45) is 0 Å². The minimum Gasteiger partial charge on any atom is -0.440 e. The van der Waals surface area contributed by atoms with Crippen molar-refractivity contribution < 1.29 is 4.42 Å². The number of para-hydroxylation sites is 1. The predicted molar refractivity (Wildman–Crippen MR) is 79.5 cm³/mol. The van der Waals surface area contributed by atoms with Crippen molar-refractivity contribution in [2.75, 3.05) is 5.73 Å². The first kappa shape index (κ1) is 12.9. The maximum absolute atomic E-state index is 5.86. The first-order valence-electron chi connectivity index (χ1n) is 6.21. The summed E-state index contributed by atoms with van der Waals surface area (Å²) in [6.45, 7) is 3.91. The quantitative estimate of drug-likeness (QED) is 0.453. The predicted octanol–water partition coefficient (Wildman–Crippen LogP) is 3.11. The van der Waals surface area contributed by atoms with E-state index in [1.54, 1.807) is 0 Å². The Hall–Kier alpha value is -2.08. The second-order valence-electron chi connectivity index (χ2n) is 4.52. The molecule has 2 heterocycles. The molecule has 0 spiro atoms. The van der Waals surface area contributed by atoms with Gasteiger partial charge >= 0.3 is 0 Å². The molecule has 0 atom stereocenters. The van der Waals surface area contributed by atoms with Crippen LogP contribution in [0.1, 0.15) is 17.3 Å². The molecule has 0 aliphatic rings. The number of hydrogen-bond donors (Lipinski definition) is 1. The van der Waals surface area contributed by atoms with Gasteiger partial charge in [0.2, 0.25) is 5.89 Å². The molecule has 0 aliphatic heterocycles. The lowest BCUT2D eigenvalue weighted by Crippen LogP contribution is -1.93. The third-order valence-electron chi connectivity index (χ3n) is 2.78. The monoisotopic (exact) mass is 286 g/mol. The van der Waals surface area contributed by atoms with Gasteiger partial charge in [-0.3, -0.25) is 0 Å². The molecule has 102 valence electrons. The van der Waals surface area contributed by atoms with Crippen LogP contribution in [0, 0.1) is 13.8 Å². The Balaban J connectivity index is 1.81. The normalized spacial score (nSPS) is 11.1. The number of benzene rings is 1. The van der Waals surface area contributed by atoms with Crippen molar-refractivity contribution in [1.29, 1.82) is 0 Å². The van der Waals surface area contributed by atoms with Crippen molar-refractivity contribution >= 4 is 28.5 Å². The molecule has 6 heteroatoms. The summed E-state index contributed by atoms with van der Waals surface area (Å²) in [7, 11) is 0. The van der Waals surface area contributed by atoms with Gasteiger partial charge in [0.1, 0.15) is 5.52 Å². The Labute approximate surface area is 120 Å². The van der Waals surface area contributed by atoms with Crippen LogP contribution in [0.4, 0.5) is 5.69 Å². The van der Waals surface area contributed by atoms with Crippen LogP contribution >= 0.6 is 11.8 Å². The number of nitrogen functional groups attached to an aromatic ring is 1. The van der Waals surface area contributed by atoms with E-state index < -0.39 is 0 Å². The minimum absolute atomic E-state index is 0.580. The lowest BCUT2D eigenvalue weighted by molar-refractivity contribution is 0.556. The van der Waals surface area contributed by atoms with Gasteiger partial charge in [-0.25, -0.2) is 15.0 Å². The first-order chi connectivity index (χ1) is 9.61. The van der Waals surface area contributed by atoms with Crippen LogP contribution in [0.15, 0.2) is 33.8 Å². The fraction of sp³-hybridized carbons (Fsp3) is 0.214. The van der Waals surface area contributed by atoms with Gasteiger partial charge in [0.05, 0.1) is 11.4 Å². The van der Waals surface area contributed by atoms with Crippen LogP contribution in [0.25, 0.3) is 11.1 Å². The molecular formula is C14H14N4OS. The molecule has 3 aromatic rings. The Morgan fingerprint density at radius 2 is 1.90 bits per heavy atom. The summed E-state index contributed by atoms with van der Waals surface area (Å²) < 4.78 is 5.66. The molecule has 1 aromatic carbocycles. The molecule has 5 nitrogen and oxygen atoms in total. The zero-order chi connectivity index (χ0) is 14.1. The third kappa shape index (κ3) is 2.60. The fourth-order valence-corrected chi connectivity index (χ4v) is 2.76. The molecule has 0 aliphatic carbocycles. The highest BCUT2D eigenvalue weighted by atomic mass is 32.2. The van der Waals surface area contributed by atoms with Gasteiger partial charge < -0.3 is 10.2 Å². The number of aromatic nitrogens is 3. The van der Waals surface area contributed by atoms with Gasteiger partial charge in [-0.2, -0.15) is 0 Å². The topological polar surface area (TPSA) is 77.8 Å². The second-order valence-corrected chi connectivity index (χ2v) is 5.47. The molecule has 0 saturated carbocycles. The van der Waals surface area contributed by atoms with E-state index in [1.807, 2.05) is 38.1 Å². The van der Waals surface area contributed by atoms with E-state index in [4.69, 9.17) is 10.2 Å². The molecule has 0 fully saturated rings. The van der Waals surface area contributed by atoms with E-state index in [-0.39, 0.29) is 0 Å². The highest BCUT2D eigenvalue weighted by molar-refractivity contribution is 7.98. The van der Waals surface area contributed by atoms with Crippen LogP contribution in [-0.2, 0) is 5.75 Å². The molecule has 0 radical (unpaired) electrons. The number of fused-ring (bicyclic) bond motifs is 1. The highest BCUT2D eigenvalue weighted by Crippen LogP contribution is 2.25. The molecule has 0 unspecified atom stereocenters. The summed E-state index contributed by atoms with van der Waals surface area (Å²) in [5, 5.41) is 0.734. The van der Waals surface area contributed by atoms with Crippen LogP contribution in [0.2, 0.25) is 0 Å². The number of thioether (sulfide) groups is 1. The highest BCUT2D eigenvalue weighted by Gasteiger charge is 2.09. The number of anilines is 1. The summed E-state index contributed by atoms with van der Waals surface area (Å²) in [5.74, 6) is 1.21. The van der Waals surface area contributed by atoms with Crippen LogP contribution < -0.4 is 5.73 Å². The van der Waals surface area contributed by atoms with Crippen LogP contribution in [0.3, 0.4) is 0 Å². The van der Waals surface area contributed by atoms with E-state index in [0.717, 1.165) is 16.5 Å². The Morgan fingerprint density at radius 3 is 2.60 bits per heavy atom. The van der Waals surface area contributed by atoms with Crippen molar-refractivity contribution in [1.82, 2.24) is 15.0 Å². The Morgan fingerprint density at radius 1 is 1.15 bits per heavy atom. The van der Waals surface area contributed by atoms with E-state index in [0.29, 0.717) is 28.4 Å².